The molecule has 0 saturated heterocycles. The molecule has 0 aliphatic rings. The Morgan fingerprint density at radius 1 is 1.55 bits per heavy atom. The number of thiocarbonyl (C=S) groups is 1. The van der Waals surface area contributed by atoms with Gasteiger partial charge >= 0.3 is 0 Å². The highest BCUT2D eigenvalue weighted by molar-refractivity contribution is 8.23. The van der Waals surface area contributed by atoms with Gasteiger partial charge in [0.05, 0.1) is 0 Å². The molecule has 66 valence electrons. The zero-order valence-corrected chi connectivity index (χ0v) is 9.15. The molecule has 0 saturated carbocycles. The lowest BCUT2D eigenvalue weighted by molar-refractivity contribution is 0.762. The van der Waals surface area contributed by atoms with Crippen molar-refractivity contribution < 1.29 is 0 Å². The second-order valence-corrected chi connectivity index (χ2v) is 4.99. The van der Waals surface area contributed by atoms with Crippen LogP contribution >= 0.6 is 24.0 Å². The summed E-state index contributed by atoms with van der Waals surface area (Å²) in [4.78, 5) is 0. The third kappa shape index (κ3) is 8.14. The molecule has 0 atom stereocenters. The summed E-state index contributed by atoms with van der Waals surface area (Å²) in [7, 11) is 0. The first kappa shape index (κ1) is 11.2. The highest BCUT2D eigenvalue weighted by Gasteiger charge is 1.98. The Morgan fingerprint density at radius 2 is 2.18 bits per heavy atom. The van der Waals surface area contributed by atoms with Crippen molar-refractivity contribution in [3.05, 3.63) is 0 Å². The first-order valence-corrected chi connectivity index (χ1v) is 5.40. The van der Waals surface area contributed by atoms with Crippen LogP contribution in [-0.2, 0) is 0 Å². The third-order valence-corrected chi connectivity index (χ3v) is 2.41. The first-order chi connectivity index (χ1) is 5.16. The van der Waals surface area contributed by atoms with Crippen LogP contribution in [0.1, 0.15) is 33.6 Å². The molecule has 1 nitrogen and oxygen atoms in total. The van der Waals surface area contributed by atoms with Crippen LogP contribution in [0.25, 0.3) is 0 Å². The second-order valence-electron chi connectivity index (χ2n) is 2.73. The van der Waals surface area contributed by atoms with Crippen molar-refractivity contribution in [2.45, 2.75) is 38.9 Å². The summed E-state index contributed by atoms with van der Waals surface area (Å²) in [5, 5.41) is 3.80. The van der Waals surface area contributed by atoms with Gasteiger partial charge in [0.2, 0.25) is 0 Å². The van der Waals surface area contributed by atoms with E-state index in [-0.39, 0.29) is 0 Å². The van der Waals surface area contributed by atoms with Crippen molar-refractivity contribution in [1.82, 2.24) is 5.32 Å². The predicted molar refractivity (Wildman–Crippen MR) is 58.2 cm³/mol. The molecule has 1 N–H and O–H groups in total. The highest BCUT2D eigenvalue weighted by atomic mass is 32.2. The molecule has 0 aromatic rings. The second kappa shape index (κ2) is 6.92. The van der Waals surface area contributed by atoms with E-state index in [0.29, 0.717) is 5.25 Å². The average molecular weight is 191 g/mol. The summed E-state index contributed by atoms with van der Waals surface area (Å²) >= 11 is 6.82. The molecule has 3 heteroatoms. The number of hydrogen-bond donors (Lipinski definition) is 1. The summed E-state index contributed by atoms with van der Waals surface area (Å²) in [5.41, 5.74) is 0. The van der Waals surface area contributed by atoms with Crippen LogP contribution in [0.5, 0.6) is 0 Å². The van der Waals surface area contributed by atoms with Gasteiger partial charge in [0, 0.05) is 11.8 Å². The van der Waals surface area contributed by atoms with Crippen LogP contribution in [0.4, 0.5) is 0 Å². The lowest BCUT2D eigenvalue weighted by atomic mass is 10.3. The van der Waals surface area contributed by atoms with Gasteiger partial charge in [-0.1, -0.05) is 51.2 Å². The van der Waals surface area contributed by atoms with E-state index in [1.807, 2.05) is 0 Å². The van der Waals surface area contributed by atoms with Crippen LogP contribution in [0, 0.1) is 0 Å². The molecule has 0 aromatic heterocycles. The van der Waals surface area contributed by atoms with E-state index >= 15 is 0 Å². The van der Waals surface area contributed by atoms with Gasteiger partial charge in [-0.05, 0) is 6.42 Å². The van der Waals surface area contributed by atoms with Crippen molar-refractivity contribution in [3.63, 3.8) is 0 Å². The Kier molecular flexibility index (Phi) is 7.07. The summed E-state index contributed by atoms with van der Waals surface area (Å²) in [6, 6.07) is 0. The van der Waals surface area contributed by atoms with Crippen LogP contribution in [0.3, 0.4) is 0 Å². The number of nitrogens with one attached hydrogen (secondary N) is 1. The molecule has 0 unspecified atom stereocenters. The average Bonchev–Trinajstić information content (AvgIpc) is 1.86. The van der Waals surface area contributed by atoms with Crippen LogP contribution in [-0.4, -0.2) is 16.1 Å². The summed E-state index contributed by atoms with van der Waals surface area (Å²) in [5.74, 6) is 0. The fourth-order valence-corrected chi connectivity index (χ4v) is 1.92. The molecule has 0 spiro atoms. The Hall–Kier alpha value is 0.240. The third-order valence-electron chi connectivity index (χ3n) is 1.14. The fourth-order valence-electron chi connectivity index (χ4n) is 0.623. The maximum Gasteiger partial charge on any atom is 0.134 e. The molecule has 0 aromatic carbocycles. The Labute approximate surface area is 79.3 Å². The standard InChI is InChI=1S/C8H17NS2/c1-4-5-6-9-8(10)11-7(2)3/h7H,4-6H2,1-3H3,(H,9,10). The van der Waals surface area contributed by atoms with Gasteiger partial charge < -0.3 is 5.32 Å². The molecule has 11 heavy (non-hydrogen) atoms. The van der Waals surface area contributed by atoms with Crippen molar-refractivity contribution in [3.8, 4) is 0 Å². The summed E-state index contributed by atoms with van der Waals surface area (Å²) in [6.45, 7) is 7.51. The van der Waals surface area contributed by atoms with E-state index in [4.69, 9.17) is 12.2 Å². The largest absolute Gasteiger partial charge is 0.371 e. The molecule has 0 rings (SSSR count). The Bertz CT molecular complexity index is 113. The Morgan fingerprint density at radius 3 is 2.64 bits per heavy atom. The van der Waals surface area contributed by atoms with E-state index in [2.05, 4.69) is 26.1 Å². The van der Waals surface area contributed by atoms with Crippen LogP contribution in [0.2, 0.25) is 0 Å². The van der Waals surface area contributed by atoms with Gasteiger partial charge in [0.1, 0.15) is 4.32 Å². The van der Waals surface area contributed by atoms with Crippen molar-refractivity contribution in [2.75, 3.05) is 6.54 Å². The minimum atomic E-state index is 0.594. The van der Waals surface area contributed by atoms with Gasteiger partial charge in [-0.2, -0.15) is 0 Å². The van der Waals surface area contributed by atoms with E-state index in [1.54, 1.807) is 11.8 Å². The van der Waals surface area contributed by atoms with Gasteiger partial charge in [-0.25, -0.2) is 0 Å². The van der Waals surface area contributed by atoms with E-state index < -0.39 is 0 Å². The van der Waals surface area contributed by atoms with Gasteiger partial charge in [-0.3, -0.25) is 0 Å². The van der Waals surface area contributed by atoms with Crippen LogP contribution < -0.4 is 5.32 Å². The van der Waals surface area contributed by atoms with E-state index in [1.165, 1.54) is 12.8 Å². The maximum absolute atomic E-state index is 5.10. The summed E-state index contributed by atoms with van der Waals surface area (Å²) < 4.78 is 0.938. The number of rotatable bonds is 4. The maximum atomic E-state index is 5.10. The monoisotopic (exact) mass is 191 g/mol. The molecular formula is C8H17NS2. The van der Waals surface area contributed by atoms with Crippen molar-refractivity contribution in [1.29, 1.82) is 0 Å². The predicted octanol–water partition coefficient (Wildman–Crippen LogP) is 2.80. The lowest BCUT2D eigenvalue weighted by Gasteiger charge is -2.07. The molecule has 0 heterocycles. The number of unbranched alkanes of at least 4 members (excludes halogenated alkanes) is 1. The number of thioether (sulfide) groups is 1. The topological polar surface area (TPSA) is 12.0 Å². The quantitative estimate of drug-likeness (QED) is 0.542. The minimum Gasteiger partial charge on any atom is -0.371 e. The van der Waals surface area contributed by atoms with Gasteiger partial charge in [0.25, 0.3) is 0 Å². The molecule has 0 amide bonds. The molecule has 0 bridgehead atoms. The first-order valence-electron chi connectivity index (χ1n) is 4.11. The zero-order chi connectivity index (χ0) is 8.69. The molecular weight excluding hydrogens is 174 g/mol. The fraction of sp³-hybridized carbons (Fsp3) is 0.875. The summed E-state index contributed by atoms with van der Waals surface area (Å²) in [6.07, 6.45) is 2.43. The normalized spacial score (nSPS) is 10.2. The molecule has 0 aliphatic carbocycles. The Balaban J connectivity index is 3.23. The van der Waals surface area contributed by atoms with Gasteiger partial charge in [0.15, 0.2) is 0 Å². The minimum absolute atomic E-state index is 0.594. The van der Waals surface area contributed by atoms with Gasteiger partial charge in [-0.15, -0.1) is 0 Å². The number of hydrogen-bond acceptors (Lipinski definition) is 2. The van der Waals surface area contributed by atoms with Crippen molar-refractivity contribution in [2.24, 2.45) is 0 Å². The smallest absolute Gasteiger partial charge is 0.134 e. The SMILES string of the molecule is CCCCNC(=S)SC(C)C. The van der Waals surface area contributed by atoms with Crippen molar-refractivity contribution >= 4 is 28.3 Å². The molecule has 0 aliphatic heterocycles. The zero-order valence-electron chi connectivity index (χ0n) is 7.52. The van der Waals surface area contributed by atoms with Crippen LogP contribution in [0.15, 0.2) is 0 Å². The lowest BCUT2D eigenvalue weighted by Crippen LogP contribution is -2.20. The van der Waals surface area contributed by atoms with E-state index in [0.717, 1.165) is 10.9 Å². The highest BCUT2D eigenvalue weighted by Crippen LogP contribution is 2.09. The molecule has 0 fully saturated rings. The van der Waals surface area contributed by atoms with E-state index in [9.17, 15) is 0 Å². The molecule has 0 radical (unpaired) electrons.